The molecular weight excluding hydrogens is 206 g/mol. The second-order valence-corrected chi connectivity index (χ2v) is 6.40. The molecule has 0 saturated heterocycles. The van der Waals surface area contributed by atoms with E-state index in [0.29, 0.717) is 17.5 Å². The van der Waals surface area contributed by atoms with Crippen LogP contribution in [-0.2, 0) is 6.42 Å². The van der Waals surface area contributed by atoms with Crippen LogP contribution in [-0.4, -0.2) is 6.04 Å². The Labute approximate surface area is 106 Å². The van der Waals surface area contributed by atoms with Gasteiger partial charge in [0, 0.05) is 12.1 Å². The van der Waals surface area contributed by atoms with Gasteiger partial charge in [-0.15, -0.1) is 0 Å². The molecule has 1 heteroatoms. The highest BCUT2D eigenvalue weighted by molar-refractivity contribution is 5.32. The van der Waals surface area contributed by atoms with E-state index in [4.69, 9.17) is 0 Å². The lowest BCUT2D eigenvalue weighted by atomic mass is 9.83. The quantitative estimate of drug-likeness (QED) is 0.808. The molecule has 1 aliphatic carbocycles. The minimum absolute atomic E-state index is 0.326. The number of aryl methyl sites for hydroxylation is 1. The third-order valence-electron chi connectivity index (χ3n) is 4.12. The third-order valence-corrected chi connectivity index (χ3v) is 4.12. The molecule has 0 aliphatic heterocycles. The molecule has 0 bridgehead atoms. The fraction of sp³-hybridized carbons (Fsp3) is 0.625. The van der Waals surface area contributed by atoms with Crippen LogP contribution in [0.1, 0.15) is 57.7 Å². The minimum Gasteiger partial charge on any atom is -0.307 e. The Balaban J connectivity index is 2.14. The van der Waals surface area contributed by atoms with Crippen LogP contribution in [0.3, 0.4) is 0 Å². The van der Waals surface area contributed by atoms with Gasteiger partial charge in [-0.2, -0.15) is 0 Å². The van der Waals surface area contributed by atoms with Crippen molar-refractivity contribution in [3.63, 3.8) is 0 Å². The molecule has 0 heterocycles. The van der Waals surface area contributed by atoms with Crippen molar-refractivity contribution in [1.82, 2.24) is 5.32 Å². The smallest absolute Gasteiger partial charge is 0.0325 e. The van der Waals surface area contributed by atoms with Gasteiger partial charge in [-0.05, 0) is 42.7 Å². The van der Waals surface area contributed by atoms with Crippen LogP contribution in [0, 0.1) is 5.41 Å². The van der Waals surface area contributed by atoms with Crippen molar-refractivity contribution in [2.45, 2.75) is 59.0 Å². The van der Waals surface area contributed by atoms with E-state index in [9.17, 15) is 0 Å². The van der Waals surface area contributed by atoms with Gasteiger partial charge in [-0.1, -0.05) is 45.0 Å². The van der Waals surface area contributed by atoms with Crippen LogP contribution < -0.4 is 5.32 Å². The second kappa shape index (κ2) is 4.81. The average molecular weight is 231 g/mol. The fourth-order valence-electron chi connectivity index (χ4n) is 2.48. The molecule has 2 rings (SSSR count). The van der Waals surface area contributed by atoms with E-state index >= 15 is 0 Å². The van der Waals surface area contributed by atoms with Gasteiger partial charge in [-0.3, -0.25) is 0 Å². The molecule has 1 aliphatic rings. The van der Waals surface area contributed by atoms with Crippen molar-refractivity contribution in [2.24, 2.45) is 5.41 Å². The Morgan fingerprint density at radius 2 is 1.94 bits per heavy atom. The van der Waals surface area contributed by atoms with Gasteiger partial charge < -0.3 is 5.32 Å². The van der Waals surface area contributed by atoms with Crippen LogP contribution >= 0.6 is 0 Å². The predicted molar refractivity (Wildman–Crippen MR) is 74.2 cm³/mol. The Hall–Kier alpha value is -0.820. The van der Waals surface area contributed by atoms with Crippen LogP contribution in [0.5, 0.6) is 0 Å². The van der Waals surface area contributed by atoms with Crippen molar-refractivity contribution < 1.29 is 0 Å². The highest BCUT2D eigenvalue weighted by atomic mass is 15.0. The maximum atomic E-state index is 3.81. The zero-order chi connectivity index (χ0) is 12.5. The minimum atomic E-state index is 0.326. The van der Waals surface area contributed by atoms with E-state index in [0.717, 1.165) is 0 Å². The first-order valence-corrected chi connectivity index (χ1v) is 6.82. The lowest BCUT2D eigenvalue weighted by Gasteiger charge is -2.35. The summed E-state index contributed by atoms with van der Waals surface area (Å²) in [6, 6.07) is 9.99. The molecule has 0 radical (unpaired) electrons. The monoisotopic (exact) mass is 231 g/mol. The SMILES string of the molecule is CC(NC1CCCc2ccccc21)C(C)(C)C. The highest BCUT2D eigenvalue weighted by Crippen LogP contribution is 2.31. The summed E-state index contributed by atoms with van der Waals surface area (Å²) in [7, 11) is 0. The average Bonchev–Trinajstić information content (AvgIpc) is 2.28. The number of hydrogen-bond donors (Lipinski definition) is 1. The van der Waals surface area contributed by atoms with Gasteiger partial charge in [0.15, 0.2) is 0 Å². The summed E-state index contributed by atoms with van der Waals surface area (Å²) >= 11 is 0. The summed E-state index contributed by atoms with van der Waals surface area (Å²) in [6.07, 6.45) is 3.83. The molecule has 94 valence electrons. The second-order valence-electron chi connectivity index (χ2n) is 6.40. The molecule has 0 amide bonds. The molecule has 1 aromatic rings. The summed E-state index contributed by atoms with van der Waals surface area (Å²) in [5.41, 5.74) is 3.39. The Morgan fingerprint density at radius 3 is 2.65 bits per heavy atom. The fourth-order valence-corrected chi connectivity index (χ4v) is 2.48. The number of benzene rings is 1. The van der Waals surface area contributed by atoms with Gasteiger partial charge in [0.1, 0.15) is 0 Å². The Morgan fingerprint density at radius 1 is 1.24 bits per heavy atom. The van der Waals surface area contributed by atoms with Gasteiger partial charge in [0.05, 0.1) is 0 Å². The van der Waals surface area contributed by atoms with Crippen molar-refractivity contribution in [3.8, 4) is 0 Å². The first-order chi connectivity index (χ1) is 7.98. The summed E-state index contributed by atoms with van der Waals surface area (Å²) in [6.45, 7) is 9.22. The first kappa shape index (κ1) is 12.6. The van der Waals surface area contributed by atoms with E-state index in [1.54, 1.807) is 0 Å². The van der Waals surface area contributed by atoms with Crippen molar-refractivity contribution in [3.05, 3.63) is 35.4 Å². The zero-order valence-electron chi connectivity index (χ0n) is 11.6. The van der Waals surface area contributed by atoms with E-state index in [1.165, 1.54) is 30.4 Å². The van der Waals surface area contributed by atoms with Gasteiger partial charge in [-0.25, -0.2) is 0 Å². The molecule has 2 unspecified atom stereocenters. The summed E-state index contributed by atoms with van der Waals surface area (Å²) < 4.78 is 0. The molecule has 2 atom stereocenters. The van der Waals surface area contributed by atoms with E-state index in [2.05, 4.69) is 57.3 Å². The third kappa shape index (κ3) is 2.90. The molecule has 17 heavy (non-hydrogen) atoms. The summed E-state index contributed by atoms with van der Waals surface area (Å²) in [5.74, 6) is 0. The lowest BCUT2D eigenvalue weighted by Crippen LogP contribution is -2.40. The first-order valence-electron chi connectivity index (χ1n) is 6.82. The zero-order valence-corrected chi connectivity index (χ0v) is 11.6. The number of fused-ring (bicyclic) bond motifs is 1. The number of hydrogen-bond acceptors (Lipinski definition) is 1. The largest absolute Gasteiger partial charge is 0.307 e. The molecule has 1 aromatic carbocycles. The molecular formula is C16H25N. The normalized spacial score (nSPS) is 22.0. The van der Waals surface area contributed by atoms with Gasteiger partial charge >= 0.3 is 0 Å². The van der Waals surface area contributed by atoms with Crippen molar-refractivity contribution >= 4 is 0 Å². The lowest BCUT2D eigenvalue weighted by molar-refractivity contribution is 0.253. The Bertz CT molecular complexity index is 375. The van der Waals surface area contributed by atoms with Gasteiger partial charge in [0.2, 0.25) is 0 Å². The van der Waals surface area contributed by atoms with Crippen LogP contribution in [0.4, 0.5) is 0 Å². The molecule has 1 nitrogen and oxygen atoms in total. The summed E-state index contributed by atoms with van der Waals surface area (Å²) in [4.78, 5) is 0. The van der Waals surface area contributed by atoms with Crippen LogP contribution in [0.15, 0.2) is 24.3 Å². The molecule has 0 aromatic heterocycles. The van der Waals surface area contributed by atoms with Crippen LogP contribution in [0.2, 0.25) is 0 Å². The summed E-state index contributed by atoms with van der Waals surface area (Å²) in [5, 5.41) is 3.81. The van der Waals surface area contributed by atoms with Crippen molar-refractivity contribution in [1.29, 1.82) is 0 Å². The maximum absolute atomic E-state index is 3.81. The molecule has 0 fully saturated rings. The van der Waals surface area contributed by atoms with E-state index < -0.39 is 0 Å². The standard InChI is InChI=1S/C16H25N/c1-12(16(2,3)4)17-15-11-7-9-13-8-5-6-10-14(13)15/h5-6,8,10,12,15,17H,7,9,11H2,1-4H3. The maximum Gasteiger partial charge on any atom is 0.0325 e. The molecule has 0 saturated carbocycles. The Kier molecular flexibility index (Phi) is 3.58. The van der Waals surface area contributed by atoms with E-state index in [1.807, 2.05) is 0 Å². The molecule has 0 spiro atoms. The van der Waals surface area contributed by atoms with Gasteiger partial charge in [0.25, 0.3) is 0 Å². The topological polar surface area (TPSA) is 12.0 Å². The van der Waals surface area contributed by atoms with Crippen molar-refractivity contribution in [2.75, 3.05) is 0 Å². The van der Waals surface area contributed by atoms with E-state index in [-0.39, 0.29) is 0 Å². The number of nitrogens with one attached hydrogen (secondary N) is 1. The molecule has 1 N–H and O–H groups in total. The predicted octanol–water partition coefficient (Wildman–Crippen LogP) is 4.09. The number of rotatable bonds is 2. The highest BCUT2D eigenvalue weighted by Gasteiger charge is 2.26. The van der Waals surface area contributed by atoms with Crippen LogP contribution in [0.25, 0.3) is 0 Å².